The van der Waals surface area contributed by atoms with E-state index in [2.05, 4.69) is 225 Å². The Labute approximate surface area is 361 Å². The molecule has 10 aromatic rings. The molecule has 3 aliphatic carbocycles. The summed E-state index contributed by atoms with van der Waals surface area (Å²) in [5.74, 6) is 0.313. The Morgan fingerprint density at radius 1 is 0.371 bits per heavy atom. The number of hydrogen-bond donors (Lipinski definition) is 0. The molecule has 0 spiro atoms. The summed E-state index contributed by atoms with van der Waals surface area (Å²) in [5.41, 5.74) is 17.3. The van der Waals surface area contributed by atoms with Crippen LogP contribution in [0.2, 0.25) is 0 Å². The van der Waals surface area contributed by atoms with Gasteiger partial charge in [-0.3, -0.25) is 0 Å². The molecular formula is C62H40. The van der Waals surface area contributed by atoms with Gasteiger partial charge in [0.25, 0.3) is 0 Å². The highest BCUT2D eigenvalue weighted by Crippen LogP contribution is 2.52. The van der Waals surface area contributed by atoms with Gasteiger partial charge in [-0.2, -0.15) is 0 Å². The van der Waals surface area contributed by atoms with Crippen LogP contribution in [-0.2, 0) is 6.42 Å². The maximum Gasteiger partial charge on any atom is 0.0345 e. The molecule has 0 heterocycles. The Morgan fingerprint density at radius 3 is 1.56 bits per heavy atom. The van der Waals surface area contributed by atoms with Gasteiger partial charge < -0.3 is 0 Å². The Bertz CT molecular complexity index is 3650. The molecule has 0 fully saturated rings. The number of rotatable bonds is 5. The van der Waals surface area contributed by atoms with Gasteiger partial charge in [0.15, 0.2) is 0 Å². The predicted octanol–water partition coefficient (Wildman–Crippen LogP) is 16.7. The number of hydrogen-bond acceptors (Lipinski definition) is 0. The van der Waals surface area contributed by atoms with Gasteiger partial charge in [0.05, 0.1) is 0 Å². The second kappa shape index (κ2) is 13.9. The number of fused-ring (bicyclic) bond motifs is 5. The van der Waals surface area contributed by atoms with Crippen molar-refractivity contribution >= 4 is 72.1 Å². The molecule has 1 atom stereocenters. The average Bonchev–Trinajstić information content (AvgIpc) is 3.34. The number of allylic oxidation sites excluding steroid dienone is 7. The minimum Gasteiger partial charge on any atom is -0.0759 e. The summed E-state index contributed by atoms with van der Waals surface area (Å²) in [7, 11) is 0. The molecule has 0 nitrogen and oxygen atoms in total. The lowest BCUT2D eigenvalue weighted by Gasteiger charge is -2.34. The largest absolute Gasteiger partial charge is 0.0759 e. The lowest BCUT2D eigenvalue weighted by atomic mass is 9.69. The van der Waals surface area contributed by atoms with Crippen molar-refractivity contribution < 1.29 is 0 Å². The van der Waals surface area contributed by atoms with E-state index < -0.39 is 0 Å². The SMILES string of the molecule is C1=CC2=CCc3c(-c4c5ccccc5c(-c5ccc(C=Cc6ccc(-c7cccc8ccccc78)c7ccccc67)c6ccccc56)c5ccccc45)ccc4c3C2C(=C1)C=C4. The molecule has 0 saturated heterocycles. The summed E-state index contributed by atoms with van der Waals surface area (Å²) in [6.07, 6.45) is 19.5. The molecule has 10 aromatic carbocycles. The molecule has 0 radical (unpaired) electrons. The smallest absolute Gasteiger partial charge is 0.0345 e. The first-order valence-electron chi connectivity index (χ1n) is 21.8. The predicted molar refractivity (Wildman–Crippen MR) is 266 cm³/mol. The van der Waals surface area contributed by atoms with E-state index in [1.165, 1.54) is 126 Å². The van der Waals surface area contributed by atoms with Crippen LogP contribution in [0.3, 0.4) is 0 Å². The van der Waals surface area contributed by atoms with Gasteiger partial charge in [-0.15, -0.1) is 0 Å². The van der Waals surface area contributed by atoms with Crippen molar-refractivity contribution in [1.82, 2.24) is 0 Å². The fourth-order valence-corrected chi connectivity index (χ4v) is 11.1. The van der Waals surface area contributed by atoms with E-state index in [4.69, 9.17) is 0 Å². The molecule has 62 heavy (non-hydrogen) atoms. The first kappa shape index (κ1) is 35.0. The maximum atomic E-state index is 2.47. The lowest BCUT2D eigenvalue weighted by molar-refractivity contribution is 0.894. The van der Waals surface area contributed by atoms with Crippen molar-refractivity contribution in [1.29, 1.82) is 0 Å². The van der Waals surface area contributed by atoms with Crippen molar-refractivity contribution in [3.63, 3.8) is 0 Å². The van der Waals surface area contributed by atoms with Crippen molar-refractivity contribution in [2.45, 2.75) is 12.3 Å². The Hall–Kier alpha value is -7.80. The molecule has 0 bridgehead atoms. The van der Waals surface area contributed by atoms with E-state index >= 15 is 0 Å². The van der Waals surface area contributed by atoms with E-state index in [0.29, 0.717) is 5.92 Å². The first-order chi connectivity index (χ1) is 30.8. The van der Waals surface area contributed by atoms with E-state index in [1.807, 2.05) is 0 Å². The molecule has 288 valence electrons. The molecule has 0 aromatic heterocycles. The minimum absolute atomic E-state index is 0.313. The highest BCUT2D eigenvalue weighted by atomic mass is 14.4. The van der Waals surface area contributed by atoms with Crippen LogP contribution in [0.5, 0.6) is 0 Å². The highest BCUT2D eigenvalue weighted by molar-refractivity contribution is 6.24. The molecule has 3 aliphatic rings. The van der Waals surface area contributed by atoms with Crippen molar-refractivity contribution in [2.24, 2.45) is 0 Å². The van der Waals surface area contributed by atoms with Gasteiger partial charge in [-0.1, -0.05) is 225 Å². The summed E-state index contributed by atoms with van der Waals surface area (Å²) in [6.45, 7) is 0. The van der Waals surface area contributed by atoms with Crippen LogP contribution in [0.1, 0.15) is 33.7 Å². The van der Waals surface area contributed by atoms with Crippen molar-refractivity contribution in [3.05, 3.63) is 245 Å². The van der Waals surface area contributed by atoms with Gasteiger partial charge in [-0.05, 0) is 133 Å². The van der Waals surface area contributed by atoms with Gasteiger partial charge in [0, 0.05) is 5.92 Å². The lowest BCUT2D eigenvalue weighted by Crippen LogP contribution is -2.18. The number of benzene rings is 10. The van der Waals surface area contributed by atoms with Crippen molar-refractivity contribution in [2.75, 3.05) is 0 Å². The monoisotopic (exact) mass is 784 g/mol. The normalized spacial score (nSPS) is 15.2. The standard InChI is InChI=1S/C62H40/c1-2-17-45-39(13-1)14-12-26-49(45)51-35-31-40(46-18-3-5-20-48(46)51)27-28-41-32-36-56(50-21-6-4-19-47(41)50)61-52-22-7-9-24-54(52)62(55-25-10-8-23-53(55)61)58-38-34-44-30-29-42-15-11-16-43-33-37-57(58)60(44)59(42)43/h1-36,38,59H,37H2. The molecule has 0 N–H and O–H groups in total. The second-order valence-electron chi connectivity index (χ2n) is 17.0. The van der Waals surface area contributed by atoms with Crippen molar-refractivity contribution in [3.8, 4) is 33.4 Å². The van der Waals surface area contributed by atoms with Gasteiger partial charge in [0.2, 0.25) is 0 Å². The topological polar surface area (TPSA) is 0 Å². The molecule has 0 aliphatic heterocycles. The van der Waals surface area contributed by atoms with Crippen LogP contribution in [-0.4, -0.2) is 0 Å². The summed E-state index contributed by atoms with van der Waals surface area (Å²) in [6, 6.07) is 65.4. The maximum absolute atomic E-state index is 2.47. The summed E-state index contributed by atoms with van der Waals surface area (Å²) < 4.78 is 0. The van der Waals surface area contributed by atoms with Crippen LogP contribution < -0.4 is 0 Å². The van der Waals surface area contributed by atoms with E-state index in [0.717, 1.165) is 6.42 Å². The fraction of sp³-hybridized carbons (Fsp3) is 0.0323. The Morgan fingerprint density at radius 2 is 0.887 bits per heavy atom. The third kappa shape index (κ3) is 5.27. The van der Waals surface area contributed by atoms with E-state index in [1.54, 1.807) is 0 Å². The highest BCUT2D eigenvalue weighted by Gasteiger charge is 2.32. The van der Waals surface area contributed by atoms with Crippen LogP contribution in [0.25, 0.3) is 105 Å². The molecule has 13 rings (SSSR count). The second-order valence-corrected chi connectivity index (χ2v) is 17.0. The first-order valence-corrected chi connectivity index (χ1v) is 21.8. The molecule has 0 saturated carbocycles. The fourth-order valence-electron chi connectivity index (χ4n) is 11.1. The summed E-state index contributed by atoms with van der Waals surface area (Å²) >= 11 is 0. The third-order valence-corrected chi connectivity index (χ3v) is 13.8. The minimum atomic E-state index is 0.313. The van der Waals surface area contributed by atoms with E-state index in [-0.39, 0.29) is 0 Å². The Kier molecular flexibility index (Phi) is 7.84. The molecule has 1 unspecified atom stereocenters. The van der Waals surface area contributed by atoms with E-state index in [9.17, 15) is 0 Å². The third-order valence-electron chi connectivity index (χ3n) is 13.8. The zero-order chi connectivity index (χ0) is 40.7. The van der Waals surface area contributed by atoms with Gasteiger partial charge in [0.1, 0.15) is 0 Å². The quantitative estimate of drug-likeness (QED) is 0.120. The molecular weight excluding hydrogens is 745 g/mol. The molecule has 0 amide bonds. The molecule has 0 heteroatoms. The zero-order valence-electron chi connectivity index (χ0n) is 34.1. The van der Waals surface area contributed by atoms with Crippen LogP contribution in [0.4, 0.5) is 0 Å². The van der Waals surface area contributed by atoms with Crippen LogP contribution >= 0.6 is 0 Å². The summed E-state index contributed by atoms with van der Waals surface area (Å²) in [4.78, 5) is 0. The summed E-state index contributed by atoms with van der Waals surface area (Å²) in [5, 5.41) is 12.7. The van der Waals surface area contributed by atoms with Crippen LogP contribution in [0.15, 0.2) is 217 Å². The van der Waals surface area contributed by atoms with Gasteiger partial charge in [-0.25, -0.2) is 0 Å². The average molecular weight is 785 g/mol. The van der Waals surface area contributed by atoms with Crippen LogP contribution in [0, 0.1) is 0 Å². The zero-order valence-corrected chi connectivity index (χ0v) is 34.1. The van der Waals surface area contributed by atoms with Gasteiger partial charge >= 0.3 is 0 Å². The Balaban J connectivity index is 0.964.